The van der Waals surface area contributed by atoms with Crippen LogP contribution < -0.4 is 5.32 Å². The highest BCUT2D eigenvalue weighted by Gasteiger charge is 2.35. The van der Waals surface area contributed by atoms with Gasteiger partial charge in [-0.3, -0.25) is 10.2 Å². The normalized spacial score (nSPS) is 30.3. The Morgan fingerprint density at radius 1 is 1.58 bits per heavy atom. The first-order chi connectivity index (χ1) is 5.60. The maximum Gasteiger partial charge on any atom is 0.408 e. The highest BCUT2D eigenvalue weighted by Crippen LogP contribution is 2.24. The van der Waals surface area contributed by atoms with Gasteiger partial charge in [0.1, 0.15) is 0 Å². The highest BCUT2D eigenvalue weighted by atomic mass is 16.4. The second-order valence-corrected chi connectivity index (χ2v) is 3.42. The number of carboxylic acid groups (broad SMARTS) is 1. The van der Waals surface area contributed by atoms with E-state index in [2.05, 4.69) is 5.32 Å². The van der Waals surface area contributed by atoms with Gasteiger partial charge in [-0.15, -0.1) is 0 Å². The van der Waals surface area contributed by atoms with Crippen LogP contribution in [0.3, 0.4) is 0 Å². The lowest BCUT2D eigenvalue weighted by Crippen LogP contribution is -2.59. The number of hydrogen-bond donors (Lipinski definition) is 2. The number of nitrogens with one attached hydrogen (secondary N) is 1. The zero-order valence-corrected chi connectivity index (χ0v) is 7.63. The minimum absolute atomic E-state index is 0.357. The monoisotopic (exact) mass is 172 g/mol. The number of carbonyl (C=O) groups is 1. The first-order valence-electron chi connectivity index (χ1n) is 4.29. The molecule has 1 aliphatic rings. The molecule has 1 aliphatic heterocycles. The van der Waals surface area contributed by atoms with E-state index < -0.39 is 6.09 Å². The maximum atomic E-state index is 10.8. The quantitative estimate of drug-likeness (QED) is 0.622. The summed E-state index contributed by atoms with van der Waals surface area (Å²) in [6.45, 7) is 2.58. The summed E-state index contributed by atoms with van der Waals surface area (Å²) in [5.41, 5.74) is -0.357. The number of piperidine rings is 1. The molecule has 1 atom stereocenters. The summed E-state index contributed by atoms with van der Waals surface area (Å²) in [5, 5.41) is 11.9. The minimum Gasteiger partial charge on any atom is -0.465 e. The van der Waals surface area contributed by atoms with Gasteiger partial charge in [-0.05, 0) is 33.2 Å². The first kappa shape index (κ1) is 9.32. The van der Waals surface area contributed by atoms with E-state index in [1.165, 1.54) is 4.90 Å². The fraction of sp³-hybridized carbons (Fsp3) is 0.875. The molecular weight excluding hydrogens is 156 g/mol. The van der Waals surface area contributed by atoms with Gasteiger partial charge in [0.15, 0.2) is 0 Å². The van der Waals surface area contributed by atoms with Gasteiger partial charge in [0.05, 0.1) is 5.66 Å². The second-order valence-electron chi connectivity index (χ2n) is 3.42. The van der Waals surface area contributed by atoms with Gasteiger partial charge < -0.3 is 5.11 Å². The van der Waals surface area contributed by atoms with Crippen LogP contribution in [0.1, 0.15) is 26.2 Å². The minimum atomic E-state index is -0.827. The van der Waals surface area contributed by atoms with E-state index in [9.17, 15) is 4.79 Å². The molecular formula is C8H16N2O2. The fourth-order valence-corrected chi connectivity index (χ4v) is 1.69. The second kappa shape index (κ2) is 3.31. The van der Waals surface area contributed by atoms with E-state index in [0.29, 0.717) is 6.54 Å². The molecule has 0 spiro atoms. The third kappa shape index (κ3) is 1.53. The van der Waals surface area contributed by atoms with Crippen LogP contribution in [-0.4, -0.2) is 35.4 Å². The molecule has 2 N–H and O–H groups in total. The molecule has 1 unspecified atom stereocenters. The van der Waals surface area contributed by atoms with E-state index in [0.717, 1.165) is 19.3 Å². The predicted molar refractivity (Wildman–Crippen MR) is 46.0 cm³/mol. The Morgan fingerprint density at radius 2 is 2.25 bits per heavy atom. The lowest BCUT2D eigenvalue weighted by molar-refractivity contribution is 0.0414. The Labute approximate surface area is 72.6 Å². The molecule has 1 rings (SSSR count). The Kier molecular flexibility index (Phi) is 2.57. The van der Waals surface area contributed by atoms with Crippen LogP contribution in [0, 0.1) is 0 Å². The van der Waals surface area contributed by atoms with Crippen molar-refractivity contribution in [3.05, 3.63) is 0 Å². The average Bonchev–Trinajstić information content (AvgIpc) is 2.05. The van der Waals surface area contributed by atoms with Gasteiger partial charge >= 0.3 is 6.09 Å². The van der Waals surface area contributed by atoms with E-state index in [4.69, 9.17) is 5.11 Å². The molecule has 0 aromatic heterocycles. The largest absolute Gasteiger partial charge is 0.465 e. The SMILES string of the molecule is CNC1(C)CCCCN1C(=O)O. The van der Waals surface area contributed by atoms with Crippen molar-refractivity contribution in [1.82, 2.24) is 10.2 Å². The van der Waals surface area contributed by atoms with Crippen molar-refractivity contribution in [3.8, 4) is 0 Å². The molecule has 0 bridgehead atoms. The average molecular weight is 172 g/mol. The van der Waals surface area contributed by atoms with Gasteiger partial charge in [-0.25, -0.2) is 4.79 Å². The van der Waals surface area contributed by atoms with E-state index in [1.54, 1.807) is 7.05 Å². The predicted octanol–water partition coefficient (Wildman–Crippen LogP) is 1.09. The molecule has 1 amide bonds. The standard InChI is InChI=1S/C8H16N2O2/c1-8(9-2)5-3-4-6-10(8)7(11)12/h9H,3-6H2,1-2H3,(H,11,12). The third-order valence-electron chi connectivity index (χ3n) is 2.66. The van der Waals surface area contributed by atoms with Gasteiger partial charge in [0, 0.05) is 6.54 Å². The summed E-state index contributed by atoms with van der Waals surface area (Å²) >= 11 is 0. The lowest BCUT2D eigenvalue weighted by atomic mass is 9.97. The van der Waals surface area contributed by atoms with Crippen molar-refractivity contribution in [2.45, 2.75) is 31.8 Å². The van der Waals surface area contributed by atoms with Gasteiger partial charge in [0.25, 0.3) is 0 Å². The lowest BCUT2D eigenvalue weighted by Gasteiger charge is -2.42. The molecule has 0 aromatic rings. The van der Waals surface area contributed by atoms with E-state index >= 15 is 0 Å². The molecule has 4 heteroatoms. The van der Waals surface area contributed by atoms with Crippen LogP contribution in [-0.2, 0) is 0 Å². The molecule has 0 aromatic carbocycles. The topological polar surface area (TPSA) is 52.6 Å². The van der Waals surface area contributed by atoms with Crippen molar-refractivity contribution in [1.29, 1.82) is 0 Å². The van der Waals surface area contributed by atoms with Crippen LogP contribution in [0.15, 0.2) is 0 Å². The molecule has 0 aliphatic carbocycles. The van der Waals surface area contributed by atoms with E-state index in [1.807, 2.05) is 6.92 Å². The molecule has 4 nitrogen and oxygen atoms in total. The van der Waals surface area contributed by atoms with Gasteiger partial charge in [-0.1, -0.05) is 0 Å². The van der Waals surface area contributed by atoms with Crippen molar-refractivity contribution >= 4 is 6.09 Å². The summed E-state index contributed by atoms with van der Waals surface area (Å²) in [6.07, 6.45) is 2.15. The number of amides is 1. The smallest absolute Gasteiger partial charge is 0.408 e. The van der Waals surface area contributed by atoms with Crippen LogP contribution >= 0.6 is 0 Å². The molecule has 1 saturated heterocycles. The Bertz CT molecular complexity index is 184. The van der Waals surface area contributed by atoms with Crippen LogP contribution in [0.5, 0.6) is 0 Å². The van der Waals surface area contributed by atoms with Crippen LogP contribution in [0.25, 0.3) is 0 Å². The van der Waals surface area contributed by atoms with E-state index in [-0.39, 0.29) is 5.66 Å². The molecule has 1 fully saturated rings. The molecule has 0 saturated carbocycles. The zero-order valence-electron chi connectivity index (χ0n) is 7.63. The van der Waals surface area contributed by atoms with Gasteiger partial charge in [-0.2, -0.15) is 0 Å². The van der Waals surface area contributed by atoms with Crippen LogP contribution in [0.4, 0.5) is 4.79 Å². The van der Waals surface area contributed by atoms with Crippen LogP contribution in [0.2, 0.25) is 0 Å². The van der Waals surface area contributed by atoms with Gasteiger partial charge in [0.2, 0.25) is 0 Å². The fourth-order valence-electron chi connectivity index (χ4n) is 1.69. The summed E-state index contributed by atoms with van der Waals surface area (Å²) in [6, 6.07) is 0. The van der Waals surface area contributed by atoms with Crippen molar-refractivity contribution < 1.29 is 9.90 Å². The Hall–Kier alpha value is -0.770. The Balaban J connectivity index is 2.73. The Morgan fingerprint density at radius 3 is 2.67 bits per heavy atom. The molecule has 1 heterocycles. The maximum absolute atomic E-state index is 10.8. The number of hydrogen-bond acceptors (Lipinski definition) is 2. The summed E-state index contributed by atoms with van der Waals surface area (Å²) in [7, 11) is 1.81. The molecule has 0 radical (unpaired) electrons. The van der Waals surface area contributed by atoms with Crippen molar-refractivity contribution in [2.75, 3.05) is 13.6 Å². The number of likely N-dealkylation sites (tertiary alicyclic amines) is 1. The summed E-state index contributed by atoms with van der Waals surface area (Å²) in [5.74, 6) is 0. The van der Waals surface area contributed by atoms with Crippen molar-refractivity contribution in [2.24, 2.45) is 0 Å². The number of rotatable bonds is 1. The highest BCUT2D eigenvalue weighted by molar-refractivity contribution is 5.66. The van der Waals surface area contributed by atoms with Crippen molar-refractivity contribution in [3.63, 3.8) is 0 Å². The third-order valence-corrected chi connectivity index (χ3v) is 2.66. The molecule has 70 valence electrons. The summed E-state index contributed by atoms with van der Waals surface area (Å²) < 4.78 is 0. The summed E-state index contributed by atoms with van der Waals surface area (Å²) in [4.78, 5) is 12.3. The first-order valence-corrected chi connectivity index (χ1v) is 4.29. The zero-order chi connectivity index (χ0) is 9.19. The molecule has 12 heavy (non-hydrogen) atoms. The number of nitrogens with zero attached hydrogens (tertiary/aromatic N) is 1.